The van der Waals surface area contributed by atoms with Crippen LogP contribution in [0.25, 0.3) is 0 Å². The molecule has 0 amide bonds. The van der Waals surface area contributed by atoms with Gasteiger partial charge in [-0.15, -0.1) is 0 Å². The van der Waals surface area contributed by atoms with Gasteiger partial charge in [0.15, 0.2) is 0 Å². The van der Waals surface area contributed by atoms with Crippen molar-refractivity contribution in [3.63, 3.8) is 0 Å². The Bertz CT molecular complexity index is 203. The standard InChI is InChI=1S/C9H16N2/c1-3-5-7-11-8-6-9(4-2)10-11/h6,8H,3-5,7H2,1-2H3. The van der Waals surface area contributed by atoms with Crippen molar-refractivity contribution in [2.75, 3.05) is 0 Å². The van der Waals surface area contributed by atoms with E-state index in [2.05, 4.69) is 31.2 Å². The Morgan fingerprint density at radius 1 is 1.45 bits per heavy atom. The summed E-state index contributed by atoms with van der Waals surface area (Å²) in [5, 5.41) is 4.38. The third-order valence-electron chi connectivity index (χ3n) is 1.80. The van der Waals surface area contributed by atoms with Gasteiger partial charge >= 0.3 is 0 Å². The fourth-order valence-corrected chi connectivity index (χ4v) is 1.04. The highest BCUT2D eigenvalue weighted by atomic mass is 15.3. The van der Waals surface area contributed by atoms with Crippen molar-refractivity contribution in [3.8, 4) is 0 Å². The van der Waals surface area contributed by atoms with Crippen LogP contribution in [0.3, 0.4) is 0 Å². The van der Waals surface area contributed by atoms with Crippen molar-refractivity contribution in [3.05, 3.63) is 18.0 Å². The summed E-state index contributed by atoms with van der Waals surface area (Å²) >= 11 is 0. The first kappa shape index (κ1) is 8.31. The summed E-state index contributed by atoms with van der Waals surface area (Å²) in [4.78, 5) is 0. The van der Waals surface area contributed by atoms with Gasteiger partial charge in [-0.3, -0.25) is 4.68 Å². The molecule has 0 saturated carbocycles. The molecule has 0 atom stereocenters. The summed E-state index contributed by atoms with van der Waals surface area (Å²) < 4.78 is 2.03. The molecule has 62 valence electrons. The maximum atomic E-state index is 4.38. The molecule has 0 N–H and O–H groups in total. The van der Waals surface area contributed by atoms with Crippen molar-refractivity contribution in [2.45, 2.75) is 39.7 Å². The summed E-state index contributed by atoms with van der Waals surface area (Å²) in [5.41, 5.74) is 1.20. The van der Waals surface area contributed by atoms with Gasteiger partial charge in [-0.05, 0) is 18.9 Å². The molecule has 0 bridgehead atoms. The van der Waals surface area contributed by atoms with Crippen LogP contribution in [0.15, 0.2) is 12.3 Å². The molecule has 0 aromatic carbocycles. The fraction of sp³-hybridized carbons (Fsp3) is 0.667. The number of nitrogens with zero attached hydrogens (tertiary/aromatic N) is 2. The molecule has 0 aliphatic rings. The molecule has 0 unspecified atom stereocenters. The van der Waals surface area contributed by atoms with Crippen LogP contribution in [0.2, 0.25) is 0 Å². The Labute approximate surface area is 68.2 Å². The fourth-order valence-electron chi connectivity index (χ4n) is 1.04. The van der Waals surface area contributed by atoms with Crippen molar-refractivity contribution < 1.29 is 0 Å². The Morgan fingerprint density at radius 2 is 2.27 bits per heavy atom. The summed E-state index contributed by atoms with van der Waals surface area (Å²) in [6.07, 6.45) is 5.57. The molecular weight excluding hydrogens is 136 g/mol. The van der Waals surface area contributed by atoms with Gasteiger partial charge in [0.05, 0.1) is 5.69 Å². The minimum atomic E-state index is 1.04. The highest BCUT2D eigenvalue weighted by Crippen LogP contribution is 1.98. The molecule has 2 nitrogen and oxygen atoms in total. The average Bonchev–Trinajstić information content (AvgIpc) is 2.48. The molecule has 1 aromatic rings. The molecule has 0 aliphatic heterocycles. The highest BCUT2D eigenvalue weighted by Gasteiger charge is 1.94. The zero-order valence-corrected chi connectivity index (χ0v) is 7.38. The first-order valence-electron chi connectivity index (χ1n) is 4.39. The molecule has 1 rings (SSSR count). The first-order valence-corrected chi connectivity index (χ1v) is 4.39. The van der Waals surface area contributed by atoms with E-state index in [0.717, 1.165) is 13.0 Å². The van der Waals surface area contributed by atoms with Crippen molar-refractivity contribution in [1.29, 1.82) is 0 Å². The first-order chi connectivity index (χ1) is 5.36. The van der Waals surface area contributed by atoms with Gasteiger partial charge in [0.1, 0.15) is 0 Å². The van der Waals surface area contributed by atoms with E-state index in [1.807, 2.05) is 4.68 Å². The lowest BCUT2D eigenvalue weighted by Gasteiger charge is -1.97. The monoisotopic (exact) mass is 152 g/mol. The predicted octanol–water partition coefficient (Wildman–Crippen LogP) is 2.25. The van der Waals surface area contributed by atoms with Crippen LogP contribution in [0.1, 0.15) is 32.4 Å². The van der Waals surface area contributed by atoms with Gasteiger partial charge in [0.25, 0.3) is 0 Å². The Kier molecular flexibility index (Phi) is 3.14. The summed E-state index contributed by atoms with van der Waals surface area (Å²) in [6, 6.07) is 2.09. The van der Waals surface area contributed by atoms with Crippen LogP contribution >= 0.6 is 0 Å². The molecule has 0 spiro atoms. The Balaban J connectivity index is 2.44. The van der Waals surface area contributed by atoms with Crippen LogP contribution in [-0.4, -0.2) is 9.78 Å². The largest absolute Gasteiger partial charge is 0.272 e. The SMILES string of the molecule is CCCCn1ccc(CC)n1. The van der Waals surface area contributed by atoms with Crippen molar-refractivity contribution in [1.82, 2.24) is 9.78 Å². The van der Waals surface area contributed by atoms with E-state index in [1.165, 1.54) is 18.5 Å². The number of hydrogen-bond acceptors (Lipinski definition) is 1. The van der Waals surface area contributed by atoms with E-state index in [1.54, 1.807) is 0 Å². The van der Waals surface area contributed by atoms with Crippen LogP contribution in [-0.2, 0) is 13.0 Å². The normalized spacial score (nSPS) is 10.4. The summed E-state index contributed by atoms with van der Waals surface area (Å²) in [7, 11) is 0. The molecule has 1 aromatic heterocycles. The van der Waals surface area contributed by atoms with Crippen LogP contribution < -0.4 is 0 Å². The molecule has 0 saturated heterocycles. The van der Waals surface area contributed by atoms with Gasteiger partial charge in [-0.25, -0.2) is 0 Å². The minimum Gasteiger partial charge on any atom is -0.272 e. The second-order valence-corrected chi connectivity index (χ2v) is 2.78. The van der Waals surface area contributed by atoms with Crippen molar-refractivity contribution in [2.24, 2.45) is 0 Å². The van der Waals surface area contributed by atoms with Crippen molar-refractivity contribution >= 4 is 0 Å². The maximum absolute atomic E-state index is 4.38. The third-order valence-corrected chi connectivity index (χ3v) is 1.80. The van der Waals surface area contributed by atoms with Gasteiger partial charge in [0, 0.05) is 12.7 Å². The van der Waals surface area contributed by atoms with E-state index in [0.29, 0.717) is 0 Å². The highest BCUT2D eigenvalue weighted by molar-refractivity contribution is 4.97. The number of unbranched alkanes of at least 4 members (excludes halogenated alkanes) is 1. The number of hydrogen-bond donors (Lipinski definition) is 0. The minimum absolute atomic E-state index is 1.04. The van der Waals surface area contributed by atoms with E-state index in [-0.39, 0.29) is 0 Å². The molecule has 0 radical (unpaired) electrons. The second kappa shape index (κ2) is 4.16. The molecule has 1 heterocycles. The molecule has 0 aliphatic carbocycles. The number of aryl methyl sites for hydroxylation is 2. The molecule has 2 heteroatoms. The third kappa shape index (κ3) is 2.37. The molecular formula is C9H16N2. The van der Waals surface area contributed by atoms with E-state index < -0.39 is 0 Å². The lowest BCUT2D eigenvalue weighted by Crippen LogP contribution is -1.98. The molecule has 11 heavy (non-hydrogen) atoms. The predicted molar refractivity (Wildman–Crippen MR) is 46.5 cm³/mol. The summed E-state index contributed by atoms with van der Waals surface area (Å²) in [5.74, 6) is 0. The van der Waals surface area contributed by atoms with E-state index in [9.17, 15) is 0 Å². The number of rotatable bonds is 4. The zero-order chi connectivity index (χ0) is 8.10. The second-order valence-electron chi connectivity index (χ2n) is 2.78. The zero-order valence-electron chi connectivity index (χ0n) is 7.38. The smallest absolute Gasteiger partial charge is 0.0621 e. The molecule has 0 fully saturated rings. The van der Waals surface area contributed by atoms with Crippen LogP contribution in [0.4, 0.5) is 0 Å². The number of aromatic nitrogens is 2. The van der Waals surface area contributed by atoms with E-state index in [4.69, 9.17) is 0 Å². The lowest BCUT2D eigenvalue weighted by atomic mass is 10.3. The van der Waals surface area contributed by atoms with Gasteiger partial charge in [-0.2, -0.15) is 5.10 Å². The van der Waals surface area contributed by atoms with Crippen LogP contribution in [0, 0.1) is 0 Å². The maximum Gasteiger partial charge on any atom is 0.0621 e. The van der Waals surface area contributed by atoms with E-state index >= 15 is 0 Å². The Morgan fingerprint density at radius 3 is 2.82 bits per heavy atom. The average molecular weight is 152 g/mol. The Hall–Kier alpha value is -0.790. The summed E-state index contributed by atoms with van der Waals surface area (Å²) in [6.45, 7) is 5.40. The van der Waals surface area contributed by atoms with Gasteiger partial charge < -0.3 is 0 Å². The lowest BCUT2D eigenvalue weighted by molar-refractivity contribution is 0.566. The van der Waals surface area contributed by atoms with Crippen LogP contribution in [0.5, 0.6) is 0 Å². The van der Waals surface area contributed by atoms with Gasteiger partial charge in [0.2, 0.25) is 0 Å². The van der Waals surface area contributed by atoms with Gasteiger partial charge in [-0.1, -0.05) is 20.3 Å². The topological polar surface area (TPSA) is 17.8 Å². The quantitative estimate of drug-likeness (QED) is 0.647.